The van der Waals surface area contributed by atoms with Gasteiger partial charge in [0, 0.05) is 23.4 Å². The van der Waals surface area contributed by atoms with Crippen molar-refractivity contribution in [3.63, 3.8) is 0 Å². The Morgan fingerprint density at radius 3 is 2.74 bits per heavy atom. The van der Waals surface area contributed by atoms with E-state index in [0.29, 0.717) is 30.1 Å². The second kappa shape index (κ2) is 5.46. The predicted molar refractivity (Wildman–Crippen MR) is 77.1 cm³/mol. The minimum absolute atomic E-state index is 0. The summed E-state index contributed by atoms with van der Waals surface area (Å²) in [6.07, 6.45) is 1.57. The zero-order valence-corrected chi connectivity index (χ0v) is 11.6. The van der Waals surface area contributed by atoms with Gasteiger partial charge in [-0.25, -0.2) is 4.79 Å². The third-order valence-corrected chi connectivity index (χ3v) is 2.65. The molecule has 0 aliphatic carbocycles. The molecule has 0 atom stereocenters. The topological polar surface area (TPSA) is 78.6 Å². The maximum absolute atomic E-state index is 11.3. The van der Waals surface area contributed by atoms with Gasteiger partial charge in [-0.2, -0.15) is 0 Å². The van der Waals surface area contributed by atoms with Crippen LogP contribution >= 0.6 is 17.0 Å². The maximum Gasteiger partial charge on any atom is 0.336 e. The lowest BCUT2D eigenvalue weighted by molar-refractivity contribution is 0.324. The lowest BCUT2D eigenvalue weighted by Gasteiger charge is -2.07. The number of hydrogen-bond donors (Lipinski definition) is 1. The van der Waals surface area contributed by atoms with E-state index in [2.05, 4.69) is 0 Å². The number of furan rings is 1. The third-order valence-electron chi connectivity index (χ3n) is 2.65. The van der Waals surface area contributed by atoms with Gasteiger partial charge in [-0.3, -0.25) is 0 Å². The van der Waals surface area contributed by atoms with Gasteiger partial charge < -0.3 is 19.3 Å². The predicted octanol–water partition coefficient (Wildman–Crippen LogP) is 2.45. The molecule has 19 heavy (non-hydrogen) atoms. The van der Waals surface area contributed by atoms with Crippen LogP contribution in [0.25, 0.3) is 21.9 Å². The van der Waals surface area contributed by atoms with Crippen LogP contribution in [-0.4, -0.2) is 13.2 Å². The number of halogens is 1. The molecule has 2 N–H and O–H groups in total. The van der Waals surface area contributed by atoms with Gasteiger partial charge in [-0.15, -0.1) is 17.0 Å². The van der Waals surface area contributed by atoms with Crippen LogP contribution < -0.4 is 16.1 Å². The van der Waals surface area contributed by atoms with E-state index in [1.165, 1.54) is 6.07 Å². The number of benzene rings is 1. The Bertz CT molecular complexity index is 762. The van der Waals surface area contributed by atoms with E-state index in [4.69, 9.17) is 19.3 Å². The average molecular weight is 326 g/mol. The molecule has 100 valence electrons. The molecule has 0 aliphatic heterocycles. The van der Waals surface area contributed by atoms with Crippen molar-refractivity contribution in [1.29, 1.82) is 0 Å². The van der Waals surface area contributed by atoms with Crippen LogP contribution in [0.5, 0.6) is 5.75 Å². The van der Waals surface area contributed by atoms with Crippen molar-refractivity contribution < 1.29 is 13.6 Å². The summed E-state index contributed by atoms with van der Waals surface area (Å²) in [5.41, 5.74) is 5.94. The van der Waals surface area contributed by atoms with Gasteiger partial charge in [0.1, 0.15) is 6.61 Å². The van der Waals surface area contributed by atoms with Gasteiger partial charge in [0.05, 0.1) is 6.26 Å². The molecule has 0 saturated carbocycles. The van der Waals surface area contributed by atoms with E-state index in [9.17, 15) is 4.79 Å². The van der Waals surface area contributed by atoms with E-state index in [1.54, 1.807) is 12.3 Å². The standard InChI is InChI=1S/C13H11NO4.BrH/c14-4-6-17-13-11-9(3-5-16-11)7-8-1-2-10(15)18-12(8)13;/h1-3,5,7H,4,6,14H2;1H. The van der Waals surface area contributed by atoms with E-state index in [1.807, 2.05) is 12.1 Å². The molecule has 2 heterocycles. The Labute approximate surface area is 118 Å². The first-order valence-electron chi connectivity index (χ1n) is 5.56. The van der Waals surface area contributed by atoms with Crippen LogP contribution in [0, 0.1) is 0 Å². The zero-order valence-electron chi connectivity index (χ0n) is 9.92. The molecule has 0 spiro atoms. The Balaban J connectivity index is 0.00000133. The molecule has 0 fully saturated rings. The Morgan fingerprint density at radius 2 is 1.95 bits per heavy atom. The van der Waals surface area contributed by atoms with E-state index < -0.39 is 5.63 Å². The normalized spacial score (nSPS) is 10.6. The molecule has 0 radical (unpaired) electrons. The molecule has 0 amide bonds. The van der Waals surface area contributed by atoms with Crippen LogP contribution in [0.3, 0.4) is 0 Å². The van der Waals surface area contributed by atoms with Crippen molar-refractivity contribution in [2.24, 2.45) is 5.73 Å². The van der Waals surface area contributed by atoms with Crippen LogP contribution in [0.4, 0.5) is 0 Å². The Morgan fingerprint density at radius 1 is 1.16 bits per heavy atom. The SMILES string of the molecule is Br.NCCOc1c2occc2cc2ccc(=O)oc12. The van der Waals surface area contributed by atoms with E-state index >= 15 is 0 Å². The first kappa shape index (κ1) is 13.6. The monoisotopic (exact) mass is 325 g/mol. The average Bonchev–Trinajstić information content (AvgIpc) is 2.82. The third kappa shape index (κ3) is 2.36. The molecule has 6 heteroatoms. The number of rotatable bonds is 3. The molecule has 3 aromatic rings. The highest BCUT2D eigenvalue weighted by molar-refractivity contribution is 8.93. The largest absolute Gasteiger partial charge is 0.485 e. The van der Waals surface area contributed by atoms with Crippen molar-refractivity contribution in [3.8, 4) is 5.75 Å². The molecule has 5 nitrogen and oxygen atoms in total. The van der Waals surface area contributed by atoms with Gasteiger partial charge >= 0.3 is 5.63 Å². The minimum Gasteiger partial charge on any atom is -0.485 e. The molecular formula is C13H12BrNO4. The van der Waals surface area contributed by atoms with Crippen LogP contribution in [0.1, 0.15) is 0 Å². The van der Waals surface area contributed by atoms with E-state index in [-0.39, 0.29) is 17.0 Å². The number of nitrogens with two attached hydrogens (primary N) is 1. The lowest BCUT2D eigenvalue weighted by Crippen LogP contribution is -2.11. The summed E-state index contributed by atoms with van der Waals surface area (Å²) in [4.78, 5) is 11.3. The van der Waals surface area contributed by atoms with Gasteiger partial charge in [-0.1, -0.05) is 0 Å². The van der Waals surface area contributed by atoms with Gasteiger partial charge in [-0.05, 0) is 18.2 Å². The highest BCUT2D eigenvalue weighted by Crippen LogP contribution is 2.34. The highest BCUT2D eigenvalue weighted by atomic mass is 79.9. The Hall–Kier alpha value is -1.79. The molecule has 0 unspecified atom stereocenters. The summed E-state index contributed by atoms with van der Waals surface area (Å²) in [6.45, 7) is 0.698. The summed E-state index contributed by atoms with van der Waals surface area (Å²) in [5.74, 6) is 0.427. The molecular weight excluding hydrogens is 314 g/mol. The van der Waals surface area contributed by atoms with Crippen LogP contribution in [0.2, 0.25) is 0 Å². The van der Waals surface area contributed by atoms with E-state index in [0.717, 1.165) is 10.8 Å². The van der Waals surface area contributed by atoms with Crippen LogP contribution in [0.15, 0.2) is 44.2 Å². The fourth-order valence-electron chi connectivity index (χ4n) is 1.90. The summed E-state index contributed by atoms with van der Waals surface area (Å²) >= 11 is 0. The van der Waals surface area contributed by atoms with Crippen LogP contribution in [-0.2, 0) is 0 Å². The second-order valence-corrected chi connectivity index (χ2v) is 3.85. The summed E-state index contributed by atoms with van der Waals surface area (Å²) in [7, 11) is 0. The van der Waals surface area contributed by atoms with Crippen molar-refractivity contribution >= 4 is 38.9 Å². The van der Waals surface area contributed by atoms with Gasteiger partial charge in [0.15, 0.2) is 11.2 Å². The number of ether oxygens (including phenoxy) is 1. The highest BCUT2D eigenvalue weighted by Gasteiger charge is 2.14. The molecule has 0 aliphatic rings. The Kier molecular flexibility index (Phi) is 3.92. The summed E-state index contributed by atoms with van der Waals surface area (Å²) in [5, 5.41) is 1.68. The maximum atomic E-state index is 11.3. The zero-order chi connectivity index (χ0) is 12.5. The second-order valence-electron chi connectivity index (χ2n) is 3.85. The fourth-order valence-corrected chi connectivity index (χ4v) is 1.90. The lowest BCUT2D eigenvalue weighted by atomic mass is 10.1. The minimum atomic E-state index is -0.425. The summed E-state index contributed by atoms with van der Waals surface area (Å²) < 4.78 is 16.1. The number of hydrogen-bond acceptors (Lipinski definition) is 5. The molecule has 3 rings (SSSR count). The smallest absolute Gasteiger partial charge is 0.336 e. The number of fused-ring (bicyclic) bond motifs is 2. The quantitative estimate of drug-likeness (QED) is 0.748. The summed E-state index contributed by atoms with van der Waals surface area (Å²) in [6, 6.07) is 6.78. The fraction of sp³-hybridized carbons (Fsp3) is 0.154. The van der Waals surface area contributed by atoms with Crippen molar-refractivity contribution in [1.82, 2.24) is 0 Å². The molecule has 2 aromatic heterocycles. The molecule has 0 saturated heterocycles. The van der Waals surface area contributed by atoms with Crippen molar-refractivity contribution in [2.45, 2.75) is 0 Å². The van der Waals surface area contributed by atoms with Gasteiger partial charge in [0.2, 0.25) is 5.75 Å². The van der Waals surface area contributed by atoms with Gasteiger partial charge in [0.25, 0.3) is 0 Å². The molecule has 0 bridgehead atoms. The first-order valence-corrected chi connectivity index (χ1v) is 5.56. The molecule has 1 aromatic carbocycles. The van der Waals surface area contributed by atoms with Crippen molar-refractivity contribution in [2.75, 3.05) is 13.2 Å². The van der Waals surface area contributed by atoms with Crippen molar-refractivity contribution in [3.05, 3.63) is 40.9 Å². The first-order chi connectivity index (χ1) is 8.79.